The number of benzene rings is 8. The van der Waals surface area contributed by atoms with Gasteiger partial charge in [0.2, 0.25) is 0 Å². The van der Waals surface area contributed by atoms with Crippen LogP contribution in [0.15, 0.2) is 189 Å². The maximum absolute atomic E-state index is 3.89. The van der Waals surface area contributed by atoms with Crippen LogP contribution in [0.25, 0.3) is 69.2 Å². The van der Waals surface area contributed by atoms with Gasteiger partial charge >= 0.3 is 0 Å². The summed E-state index contributed by atoms with van der Waals surface area (Å²) in [6.07, 6.45) is 9.07. The van der Waals surface area contributed by atoms with Crippen molar-refractivity contribution in [1.82, 2.24) is 0 Å². The van der Waals surface area contributed by atoms with Crippen LogP contribution in [0.1, 0.15) is 35.1 Å². The van der Waals surface area contributed by atoms with Gasteiger partial charge in [-0.25, -0.2) is 0 Å². The Morgan fingerprint density at radius 1 is 0.596 bits per heavy atom. The number of rotatable bonds is 8. The SMILES string of the molecule is C=C/C=C\C(=C/C)c1cccc(C(Cc2ccccc2)c2cccc(-c3cc4c5ccccc5c5ccccc5c4c4sc5ccccc5c34)c2)c1. The first kappa shape index (κ1) is 31.9. The van der Waals surface area contributed by atoms with Crippen molar-refractivity contribution in [3.63, 3.8) is 0 Å². The molecule has 1 atom stereocenters. The van der Waals surface area contributed by atoms with Crippen molar-refractivity contribution in [3.05, 3.63) is 211 Å². The van der Waals surface area contributed by atoms with Gasteiger partial charge in [-0.1, -0.05) is 176 Å². The fourth-order valence-corrected chi connectivity index (χ4v) is 9.45. The van der Waals surface area contributed by atoms with Gasteiger partial charge in [0.05, 0.1) is 0 Å². The van der Waals surface area contributed by atoms with Crippen LogP contribution in [0.4, 0.5) is 0 Å². The van der Waals surface area contributed by atoms with Gasteiger partial charge < -0.3 is 0 Å². The third-order valence-electron chi connectivity index (χ3n) is 10.6. The van der Waals surface area contributed by atoms with Gasteiger partial charge in [0.15, 0.2) is 0 Å². The van der Waals surface area contributed by atoms with Crippen molar-refractivity contribution in [2.45, 2.75) is 19.3 Å². The van der Waals surface area contributed by atoms with E-state index >= 15 is 0 Å². The monoisotopic (exact) mass is 682 g/mol. The molecular formula is C51H38S. The second kappa shape index (κ2) is 13.6. The van der Waals surface area contributed by atoms with Crippen LogP contribution in [-0.2, 0) is 6.42 Å². The minimum Gasteiger partial charge on any atom is -0.134 e. The molecule has 0 nitrogen and oxygen atoms in total. The third-order valence-corrected chi connectivity index (χ3v) is 11.8. The lowest BCUT2D eigenvalue weighted by molar-refractivity contribution is 0.805. The van der Waals surface area contributed by atoms with Crippen LogP contribution in [0.5, 0.6) is 0 Å². The van der Waals surface area contributed by atoms with E-state index in [1.54, 1.807) is 0 Å². The molecule has 0 radical (unpaired) electrons. The molecule has 52 heavy (non-hydrogen) atoms. The van der Waals surface area contributed by atoms with Gasteiger partial charge in [-0.15, -0.1) is 11.3 Å². The Bertz CT molecular complexity index is 2850. The molecule has 1 heterocycles. The van der Waals surface area contributed by atoms with E-state index in [9.17, 15) is 0 Å². The van der Waals surface area contributed by atoms with E-state index in [-0.39, 0.29) is 5.92 Å². The van der Waals surface area contributed by atoms with E-state index in [1.165, 1.54) is 91.4 Å². The molecule has 0 fully saturated rings. The molecule has 0 saturated heterocycles. The molecule has 1 heteroatoms. The predicted molar refractivity (Wildman–Crippen MR) is 229 cm³/mol. The lowest BCUT2D eigenvalue weighted by Gasteiger charge is -2.21. The number of fused-ring (bicyclic) bond motifs is 10. The molecule has 0 aliphatic heterocycles. The van der Waals surface area contributed by atoms with E-state index in [2.05, 4.69) is 183 Å². The van der Waals surface area contributed by atoms with Crippen LogP contribution in [0, 0.1) is 0 Å². The van der Waals surface area contributed by atoms with Crippen LogP contribution in [-0.4, -0.2) is 0 Å². The summed E-state index contributed by atoms with van der Waals surface area (Å²) in [7, 11) is 0. The summed E-state index contributed by atoms with van der Waals surface area (Å²) >= 11 is 1.93. The molecule has 0 bridgehead atoms. The molecule has 0 saturated carbocycles. The van der Waals surface area contributed by atoms with Gasteiger partial charge in [-0.3, -0.25) is 0 Å². The second-order valence-electron chi connectivity index (χ2n) is 13.6. The molecule has 9 aromatic rings. The lowest BCUT2D eigenvalue weighted by atomic mass is 9.83. The van der Waals surface area contributed by atoms with Crippen molar-refractivity contribution >= 4 is 69.4 Å². The fourth-order valence-electron chi connectivity index (χ4n) is 8.16. The Labute approximate surface area is 309 Å². The van der Waals surface area contributed by atoms with E-state index in [4.69, 9.17) is 0 Å². The zero-order chi connectivity index (χ0) is 35.0. The van der Waals surface area contributed by atoms with Gasteiger partial charge in [0.1, 0.15) is 0 Å². The van der Waals surface area contributed by atoms with Crippen LogP contribution >= 0.6 is 11.3 Å². The topological polar surface area (TPSA) is 0 Å². The lowest BCUT2D eigenvalue weighted by Crippen LogP contribution is -2.06. The summed E-state index contributed by atoms with van der Waals surface area (Å²) < 4.78 is 2.68. The average molecular weight is 683 g/mol. The standard InChI is InChI=1S/C51H38S/c1-3-5-19-35(4-2)36-20-15-21-37(31-36)45(30-34-17-7-6-8-18-34)38-22-16-23-39(32-38)46-33-47-42-26-10-9-24-40(42)41-25-11-12-27-43(41)49(47)51-50(46)44-28-13-14-29-48(44)52-51/h3-29,31-33,45H,1,30H2,2H3/b19-5-,35-4+. The molecule has 0 amide bonds. The summed E-state index contributed by atoms with van der Waals surface area (Å²) in [5.74, 6) is 0.170. The highest BCUT2D eigenvalue weighted by molar-refractivity contribution is 7.27. The molecule has 0 spiro atoms. The molecule has 0 aliphatic rings. The number of thiophene rings is 1. The molecular weight excluding hydrogens is 645 g/mol. The first-order chi connectivity index (χ1) is 25.7. The van der Waals surface area contributed by atoms with Crippen molar-refractivity contribution in [2.75, 3.05) is 0 Å². The Morgan fingerprint density at radius 3 is 1.98 bits per heavy atom. The van der Waals surface area contributed by atoms with E-state index < -0.39 is 0 Å². The maximum Gasteiger partial charge on any atom is 0.0446 e. The largest absolute Gasteiger partial charge is 0.134 e. The Morgan fingerprint density at radius 2 is 1.23 bits per heavy atom. The third kappa shape index (κ3) is 5.55. The summed E-state index contributed by atoms with van der Waals surface area (Å²) in [6, 6.07) is 58.7. The number of hydrogen-bond acceptors (Lipinski definition) is 1. The molecule has 1 unspecified atom stereocenters. The zero-order valence-electron chi connectivity index (χ0n) is 29.2. The average Bonchev–Trinajstić information content (AvgIpc) is 3.60. The second-order valence-corrected chi connectivity index (χ2v) is 14.6. The number of allylic oxidation sites excluding steroid dienone is 5. The molecule has 8 aromatic carbocycles. The van der Waals surface area contributed by atoms with Crippen LogP contribution in [0.3, 0.4) is 0 Å². The highest BCUT2D eigenvalue weighted by Gasteiger charge is 2.21. The summed E-state index contributed by atoms with van der Waals surface area (Å²) in [6.45, 7) is 5.99. The van der Waals surface area contributed by atoms with E-state index in [0.29, 0.717) is 0 Å². The van der Waals surface area contributed by atoms with Crippen molar-refractivity contribution in [3.8, 4) is 11.1 Å². The first-order valence-electron chi connectivity index (χ1n) is 18.1. The van der Waals surface area contributed by atoms with Gasteiger partial charge in [0, 0.05) is 31.5 Å². The van der Waals surface area contributed by atoms with Crippen LogP contribution in [0.2, 0.25) is 0 Å². The fraction of sp³-hybridized carbons (Fsp3) is 0.0588. The minimum absolute atomic E-state index is 0.170. The Balaban J connectivity index is 1.30. The summed E-state index contributed by atoms with van der Waals surface area (Å²) in [4.78, 5) is 0. The van der Waals surface area contributed by atoms with Gasteiger partial charge in [-0.05, 0) is 91.4 Å². The van der Waals surface area contributed by atoms with E-state index in [1.807, 2.05) is 23.5 Å². The van der Waals surface area contributed by atoms with Crippen LogP contribution < -0.4 is 0 Å². The normalized spacial score (nSPS) is 12.8. The van der Waals surface area contributed by atoms with Crippen molar-refractivity contribution < 1.29 is 0 Å². The Hall–Kier alpha value is -6.02. The highest BCUT2D eigenvalue weighted by atomic mass is 32.1. The number of hydrogen-bond donors (Lipinski definition) is 0. The minimum atomic E-state index is 0.170. The highest BCUT2D eigenvalue weighted by Crippen LogP contribution is 2.48. The summed E-state index contributed by atoms with van der Waals surface area (Å²) in [5, 5.41) is 10.6. The first-order valence-corrected chi connectivity index (χ1v) is 18.9. The zero-order valence-corrected chi connectivity index (χ0v) is 30.0. The maximum atomic E-state index is 3.89. The smallest absolute Gasteiger partial charge is 0.0446 e. The molecule has 0 N–H and O–H groups in total. The predicted octanol–water partition coefficient (Wildman–Crippen LogP) is 14.7. The van der Waals surface area contributed by atoms with Gasteiger partial charge in [-0.2, -0.15) is 0 Å². The molecule has 0 aliphatic carbocycles. The van der Waals surface area contributed by atoms with E-state index in [0.717, 1.165) is 6.42 Å². The Kier molecular flexibility index (Phi) is 8.35. The van der Waals surface area contributed by atoms with Crippen molar-refractivity contribution in [2.24, 2.45) is 0 Å². The van der Waals surface area contributed by atoms with Gasteiger partial charge in [0.25, 0.3) is 0 Å². The quantitative estimate of drug-likeness (QED) is 0.111. The summed E-state index contributed by atoms with van der Waals surface area (Å²) in [5.41, 5.74) is 8.91. The molecule has 9 rings (SSSR count). The molecule has 1 aromatic heterocycles. The molecule has 248 valence electrons. The van der Waals surface area contributed by atoms with Crippen molar-refractivity contribution in [1.29, 1.82) is 0 Å².